The van der Waals surface area contributed by atoms with E-state index in [9.17, 15) is 22.8 Å². The van der Waals surface area contributed by atoms with Crippen molar-refractivity contribution in [1.29, 1.82) is 0 Å². The van der Waals surface area contributed by atoms with Gasteiger partial charge in [0.25, 0.3) is 0 Å². The van der Waals surface area contributed by atoms with Gasteiger partial charge in [-0.1, -0.05) is 24.3 Å². The van der Waals surface area contributed by atoms with Gasteiger partial charge in [-0.15, -0.1) is 0 Å². The number of nitrogens with zero attached hydrogens (tertiary/aromatic N) is 1. The minimum absolute atomic E-state index is 0.0290. The molecule has 0 aromatic heterocycles. The average Bonchev–Trinajstić information content (AvgIpc) is 2.96. The van der Waals surface area contributed by atoms with E-state index in [1.807, 2.05) is 12.2 Å². The summed E-state index contributed by atoms with van der Waals surface area (Å²) in [4.78, 5) is 38.9. The number of nitrogens with one attached hydrogen (secondary N) is 1. The van der Waals surface area contributed by atoms with Gasteiger partial charge in [-0.2, -0.15) is 0 Å². The Balaban J connectivity index is 1.30. The lowest BCUT2D eigenvalue weighted by Crippen LogP contribution is -2.41. The first-order valence-electron chi connectivity index (χ1n) is 9.67. The van der Waals surface area contributed by atoms with Crippen LogP contribution in [0.15, 0.2) is 41.3 Å². The van der Waals surface area contributed by atoms with Crippen LogP contribution in [-0.2, 0) is 30.8 Å². The quantitative estimate of drug-likeness (QED) is 0.505. The molecule has 8 nitrogen and oxygen atoms in total. The number of hydrogen-bond acceptors (Lipinski definition) is 5. The van der Waals surface area contributed by atoms with Gasteiger partial charge in [-0.25, -0.2) is 13.6 Å². The Bertz CT molecular complexity index is 954. The fraction of sp³-hybridized carbons (Fsp3) is 0.450. The molecule has 154 valence electrons. The van der Waals surface area contributed by atoms with Crippen molar-refractivity contribution >= 4 is 27.7 Å². The minimum atomic E-state index is -3.73. The molecule has 3 amide bonds. The van der Waals surface area contributed by atoms with Crippen molar-refractivity contribution in [3.63, 3.8) is 0 Å². The Morgan fingerprint density at radius 2 is 1.59 bits per heavy atom. The topological polar surface area (TPSA) is 127 Å². The largest absolute Gasteiger partial charge is 0.354 e. The van der Waals surface area contributed by atoms with Gasteiger partial charge in [0.2, 0.25) is 27.7 Å². The number of rotatable bonds is 6. The molecule has 29 heavy (non-hydrogen) atoms. The smallest absolute Gasteiger partial charge is 0.240 e. The molecule has 1 heterocycles. The number of fused-ring (bicyclic) bond motifs is 1. The zero-order valence-corrected chi connectivity index (χ0v) is 16.6. The molecule has 2 fully saturated rings. The van der Waals surface area contributed by atoms with E-state index in [0.717, 1.165) is 23.3 Å². The van der Waals surface area contributed by atoms with Gasteiger partial charge in [0, 0.05) is 6.54 Å². The van der Waals surface area contributed by atoms with E-state index in [4.69, 9.17) is 5.14 Å². The van der Waals surface area contributed by atoms with Crippen LogP contribution in [0, 0.1) is 23.7 Å². The molecular formula is C20H23N3O5S. The molecule has 5 rings (SSSR count). The van der Waals surface area contributed by atoms with Crippen LogP contribution in [0.4, 0.5) is 0 Å². The van der Waals surface area contributed by atoms with Gasteiger partial charge >= 0.3 is 0 Å². The minimum Gasteiger partial charge on any atom is -0.354 e. The maximum absolute atomic E-state index is 12.7. The predicted octanol–water partition coefficient (Wildman–Crippen LogP) is 0.190. The van der Waals surface area contributed by atoms with Crippen molar-refractivity contribution in [3.05, 3.63) is 42.0 Å². The molecule has 4 atom stereocenters. The van der Waals surface area contributed by atoms with E-state index in [1.165, 1.54) is 12.1 Å². The normalized spacial score (nSPS) is 28.0. The van der Waals surface area contributed by atoms with Crippen molar-refractivity contribution in [2.45, 2.75) is 24.2 Å². The summed E-state index contributed by atoms with van der Waals surface area (Å²) < 4.78 is 22.5. The fourth-order valence-corrected chi connectivity index (χ4v) is 5.20. The van der Waals surface area contributed by atoms with E-state index in [1.54, 1.807) is 12.1 Å². The Kier molecular flexibility index (Phi) is 5.04. The van der Waals surface area contributed by atoms with Crippen LogP contribution in [0.3, 0.4) is 0 Å². The van der Waals surface area contributed by atoms with Crippen LogP contribution >= 0.6 is 0 Å². The lowest BCUT2D eigenvalue weighted by molar-refractivity contribution is -0.143. The van der Waals surface area contributed by atoms with Gasteiger partial charge in [-0.3, -0.25) is 19.3 Å². The molecule has 1 saturated carbocycles. The number of primary sulfonamides is 1. The molecule has 3 N–H and O–H groups in total. The molecule has 0 radical (unpaired) electrons. The lowest BCUT2D eigenvalue weighted by atomic mass is 9.63. The van der Waals surface area contributed by atoms with Gasteiger partial charge in [0.15, 0.2) is 0 Å². The standard InChI is InChI=1S/C20H23N3O5S/c21-29(27,28)15-7-1-12(2-8-15)9-10-22-16(24)11-23-19(25)17-13-3-4-14(6-5-13)18(17)20(23)26/h1-4,7-8,13-14,17-18H,5-6,9-11H2,(H,22,24)(H2,21,27,28)/t13-,14-,17-,18-/m0/s1. The number of allylic oxidation sites excluding steroid dienone is 2. The number of nitrogens with two attached hydrogens (primary N) is 1. The summed E-state index contributed by atoms with van der Waals surface area (Å²) in [5, 5.41) is 7.78. The summed E-state index contributed by atoms with van der Waals surface area (Å²) in [7, 11) is -3.73. The fourth-order valence-electron chi connectivity index (χ4n) is 4.68. The number of hydrogen-bond donors (Lipinski definition) is 2. The molecule has 0 unspecified atom stereocenters. The lowest BCUT2D eigenvalue weighted by Gasteiger charge is -2.38. The number of carbonyl (C=O) groups excluding carboxylic acids is 3. The van der Waals surface area contributed by atoms with Gasteiger partial charge < -0.3 is 5.32 Å². The highest BCUT2D eigenvalue weighted by molar-refractivity contribution is 7.89. The maximum atomic E-state index is 12.7. The first-order valence-corrected chi connectivity index (χ1v) is 11.2. The summed E-state index contributed by atoms with van der Waals surface area (Å²) in [6.45, 7) is 0.0535. The van der Waals surface area contributed by atoms with Crippen LogP contribution < -0.4 is 10.5 Å². The monoisotopic (exact) mass is 417 g/mol. The van der Waals surface area contributed by atoms with E-state index < -0.39 is 10.0 Å². The van der Waals surface area contributed by atoms with Crippen molar-refractivity contribution in [1.82, 2.24) is 10.2 Å². The number of benzene rings is 1. The molecule has 1 aromatic rings. The van der Waals surface area contributed by atoms with E-state index in [2.05, 4.69) is 5.32 Å². The van der Waals surface area contributed by atoms with Crippen LogP contribution in [0.1, 0.15) is 18.4 Å². The number of amides is 3. The Labute approximate surface area is 169 Å². The van der Waals surface area contributed by atoms with E-state index >= 15 is 0 Å². The molecule has 1 aliphatic heterocycles. The van der Waals surface area contributed by atoms with Gasteiger partial charge in [0.1, 0.15) is 6.54 Å². The third kappa shape index (κ3) is 3.72. The van der Waals surface area contributed by atoms with Gasteiger partial charge in [0.05, 0.1) is 16.7 Å². The van der Waals surface area contributed by atoms with Crippen LogP contribution in [0.25, 0.3) is 0 Å². The summed E-state index contributed by atoms with van der Waals surface area (Å²) >= 11 is 0. The van der Waals surface area contributed by atoms with Crippen molar-refractivity contribution in [2.75, 3.05) is 13.1 Å². The Morgan fingerprint density at radius 3 is 2.07 bits per heavy atom. The molecule has 1 aromatic carbocycles. The second kappa shape index (κ2) is 7.38. The Hall–Kier alpha value is -2.52. The summed E-state index contributed by atoms with van der Waals surface area (Å²) in [5.41, 5.74) is 0.833. The van der Waals surface area contributed by atoms with Crippen LogP contribution in [0.5, 0.6) is 0 Å². The van der Waals surface area contributed by atoms with E-state index in [-0.39, 0.29) is 52.8 Å². The van der Waals surface area contributed by atoms with E-state index in [0.29, 0.717) is 13.0 Å². The first kappa shape index (κ1) is 19.8. The third-order valence-electron chi connectivity index (χ3n) is 6.14. The molecule has 0 spiro atoms. The summed E-state index contributed by atoms with van der Waals surface area (Å²) in [6, 6.07) is 6.09. The zero-order valence-electron chi connectivity index (χ0n) is 15.8. The number of likely N-dealkylation sites (tertiary alicyclic amines) is 1. The third-order valence-corrected chi connectivity index (χ3v) is 7.07. The van der Waals surface area contributed by atoms with Crippen LogP contribution in [0.2, 0.25) is 0 Å². The molecule has 2 bridgehead atoms. The second-order valence-corrected chi connectivity index (χ2v) is 9.45. The molecule has 1 saturated heterocycles. The SMILES string of the molecule is NS(=O)(=O)c1ccc(CCNC(=O)CN2C(=O)[C@@H]3[C@@H](C2=O)[C@H]2C=C[C@H]3CC2)cc1. The van der Waals surface area contributed by atoms with Crippen molar-refractivity contribution < 1.29 is 22.8 Å². The number of carbonyl (C=O) groups is 3. The van der Waals surface area contributed by atoms with Gasteiger partial charge in [-0.05, 0) is 48.8 Å². The highest BCUT2D eigenvalue weighted by Gasteiger charge is 2.56. The summed E-state index contributed by atoms with van der Waals surface area (Å²) in [6.07, 6.45) is 6.42. The molecule has 3 aliphatic carbocycles. The molecular weight excluding hydrogens is 394 g/mol. The molecule has 9 heteroatoms. The van der Waals surface area contributed by atoms with Crippen LogP contribution in [-0.4, -0.2) is 44.1 Å². The number of imide groups is 1. The second-order valence-electron chi connectivity index (χ2n) is 7.89. The van der Waals surface area contributed by atoms with Crippen molar-refractivity contribution in [2.24, 2.45) is 28.8 Å². The van der Waals surface area contributed by atoms with Crippen molar-refractivity contribution in [3.8, 4) is 0 Å². The highest BCUT2D eigenvalue weighted by Crippen LogP contribution is 2.49. The summed E-state index contributed by atoms with van der Waals surface area (Å²) in [5.74, 6) is -1.25. The zero-order chi connectivity index (χ0) is 20.8. The maximum Gasteiger partial charge on any atom is 0.240 e. The Morgan fingerprint density at radius 1 is 1.03 bits per heavy atom. The predicted molar refractivity (Wildman–Crippen MR) is 104 cm³/mol. The first-order chi connectivity index (χ1) is 13.8. The molecule has 4 aliphatic rings. The average molecular weight is 417 g/mol. The highest BCUT2D eigenvalue weighted by atomic mass is 32.2. The number of sulfonamides is 1.